The molecule has 0 saturated heterocycles. The van der Waals surface area contributed by atoms with Crippen LogP contribution in [0.4, 0.5) is 13.6 Å². The van der Waals surface area contributed by atoms with Crippen molar-refractivity contribution >= 4 is 11.7 Å². The van der Waals surface area contributed by atoms with Gasteiger partial charge in [0.25, 0.3) is 6.43 Å². The molecule has 3 nitrogen and oxygen atoms in total. The summed E-state index contributed by atoms with van der Waals surface area (Å²) in [5.74, 6) is 0. The minimum atomic E-state index is -2.49. The molecule has 1 aliphatic heterocycles. The van der Waals surface area contributed by atoms with E-state index in [1.165, 1.54) is 12.1 Å². The highest BCUT2D eigenvalue weighted by Gasteiger charge is 2.25. The summed E-state index contributed by atoms with van der Waals surface area (Å²) in [5.41, 5.74) is 1.03. The van der Waals surface area contributed by atoms with Crippen molar-refractivity contribution in [1.29, 1.82) is 0 Å². The highest BCUT2D eigenvalue weighted by molar-refractivity contribution is 5.77. The molecular formula is C16H19F2NO2. The molecule has 0 aromatic heterocycles. The molecule has 0 atom stereocenters. The Morgan fingerprint density at radius 1 is 1.33 bits per heavy atom. The maximum absolute atomic E-state index is 12.7. The van der Waals surface area contributed by atoms with Crippen LogP contribution in [0.2, 0.25) is 0 Å². The molecule has 0 aliphatic carbocycles. The summed E-state index contributed by atoms with van der Waals surface area (Å²) in [5, 5.41) is 0. The molecule has 21 heavy (non-hydrogen) atoms. The zero-order chi connectivity index (χ0) is 15.6. The lowest BCUT2D eigenvalue weighted by Crippen LogP contribution is -2.35. The molecule has 0 bridgehead atoms. The van der Waals surface area contributed by atoms with Gasteiger partial charge in [-0.1, -0.05) is 24.3 Å². The molecule has 1 aromatic rings. The number of amides is 1. The number of hydrogen-bond donors (Lipinski definition) is 0. The van der Waals surface area contributed by atoms with E-state index in [0.29, 0.717) is 13.1 Å². The summed E-state index contributed by atoms with van der Waals surface area (Å²) in [4.78, 5) is 13.5. The molecule has 2 rings (SSSR count). The molecule has 0 unspecified atom stereocenters. The molecule has 0 N–H and O–H groups in total. The number of rotatable bonds is 2. The average molecular weight is 295 g/mol. The quantitative estimate of drug-likeness (QED) is 0.816. The van der Waals surface area contributed by atoms with Crippen molar-refractivity contribution in [2.45, 2.75) is 32.8 Å². The van der Waals surface area contributed by atoms with Crippen LogP contribution in [0.25, 0.3) is 5.57 Å². The van der Waals surface area contributed by atoms with Crippen LogP contribution in [0.15, 0.2) is 30.3 Å². The minimum Gasteiger partial charge on any atom is -0.444 e. The zero-order valence-electron chi connectivity index (χ0n) is 12.4. The van der Waals surface area contributed by atoms with Crippen LogP contribution in [0.5, 0.6) is 0 Å². The predicted octanol–water partition coefficient (Wildman–Crippen LogP) is 4.26. The van der Waals surface area contributed by atoms with Gasteiger partial charge in [-0.3, -0.25) is 0 Å². The number of halogens is 2. The van der Waals surface area contributed by atoms with Crippen molar-refractivity contribution in [2.24, 2.45) is 0 Å². The highest BCUT2D eigenvalue weighted by atomic mass is 19.3. The zero-order valence-corrected chi connectivity index (χ0v) is 12.4. The van der Waals surface area contributed by atoms with Crippen molar-refractivity contribution < 1.29 is 18.3 Å². The molecule has 1 heterocycles. The summed E-state index contributed by atoms with van der Waals surface area (Å²) >= 11 is 0. The standard InChI is InChI=1S/C16H19F2NO2/c1-16(2,3)21-15(20)19-8-7-13(10-19)11-5-4-6-12(9-11)14(17)18/h4-7,9,14H,8,10H2,1-3H3. The molecular weight excluding hydrogens is 276 g/mol. The largest absolute Gasteiger partial charge is 0.444 e. The monoisotopic (exact) mass is 295 g/mol. The maximum Gasteiger partial charge on any atom is 0.410 e. The molecule has 0 fully saturated rings. The van der Waals surface area contributed by atoms with E-state index in [-0.39, 0.29) is 5.56 Å². The summed E-state index contributed by atoms with van der Waals surface area (Å²) in [6.07, 6.45) is -1.01. The van der Waals surface area contributed by atoms with Crippen LogP contribution < -0.4 is 0 Å². The number of carbonyl (C=O) groups excluding carboxylic acids is 1. The second-order valence-corrected chi connectivity index (χ2v) is 6.02. The first kappa shape index (κ1) is 15.5. The Bertz CT molecular complexity index is 562. The Hall–Kier alpha value is -1.91. The van der Waals surface area contributed by atoms with Crippen LogP contribution in [-0.2, 0) is 4.74 Å². The second kappa shape index (κ2) is 5.84. The van der Waals surface area contributed by atoms with Crippen molar-refractivity contribution in [3.05, 3.63) is 41.5 Å². The van der Waals surface area contributed by atoms with Gasteiger partial charge in [-0.2, -0.15) is 0 Å². The van der Waals surface area contributed by atoms with Crippen molar-refractivity contribution in [1.82, 2.24) is 4.90 Å². The van der Waals surface area contributed by atoms with Gasteiger partial charge in [0.1, 0.15) is 5.60 Å². The first-order chi connectivity index (χ1) is 9.76. The van der Waals surface area contributed by atoms with Crippen LogP contribution in [-0.4, -0.2) is 29.7 Å². The summed E-state index contributed by atoms with van der Waals surface area (Å²) in [6.45, 7) is 6.23. The third kappa shape index (κ3) is 4.03. The fraction of sp³-hybridized carbons (Fsp3) is 0.438. The van der Waals surface area contributed by atoms with Gasteiger partial charge in [-0.05, 0) is 38.0 Å². The van der Waals surface area contributed by atoms with Crippen molar-refractivity contribution in [3.63, 3.8) is 0 Å². The lowest BCUT2D eigenvalue weighted by molar-refractivity contribution is 0.0306. The van der Waals surface area contributed by atoms with Crippen LogP contribution in [0, 0.1) is 0 Å². The highest BCUT2D eigenvalue weighted by Crippen LogP contribution is 2.26. The maximum atomic E-state index is 12.7. The van der Waals surface area contributed by atoms with E-state index in [0.717, 1.165) is 11.1 Å². The fourth-order valence-corrected chi connectivity index (χ4v) is 2.10. The lowest BCUT2D eigenvalue weighted by atomic mass is 10.0. The van der Waals surface area contributed by atoms with Crippen LogP contribution in [0.1, 0.15) is 38.3 Å². The van der Waals surface area contributed by atoms with Gasteiger partial charge in [0, 0.05) is 18.7 Å². The minimum absolute atomic E-state index is 0.0101. The Balaban J connectivity index is 2.05. The van der Waals surface area contributed by atoms with Crippen LogP contribution in [0.3, 0.4) is 0 Å². The summed E-state index contributed by atoms with van der Waals surface area (Å²) in [6, 6.07) is 6.24. The van der Waals surface area contributed by atoms with E-state index in [1.54, 1.807) is 37.8 Å². The third-order valence-corrected chi connectivity index (χ3v) is 3.08. The Morgan fingerprint density at radius 3 is 2.67 bits per heavy atom. The topological polar surface area (TPSA) is 29.5 Å². The molecule has 114 valence electrons. The average Bonchev–Trinajstić information content (AvgIpc) is 2.86. The Labute approximate surface area is 123 Å². The van der Waals surface area contributed by atoms with E-state index in [4.69, 9.17) is 4.74 Å². The van der Waals surface area contributed by atoms with Crippen molar-refractivity contribution in [2.75, 3.05) is 13.1 Å². The van der Waals surface area contributed by atoms with Gasteiger partial charge in [0.05, 0.1) is 0 Å². The van der Waals surface area contributed by atoms with Gasteiger partial charge < -0.3 is 9.64 Å². The van der Waals surface area contributed by atoms with E-state index >= 15 is 0 Å². The van der Waals surface area contributed by atoms with E-state index < -0.39 is 18.1 Å². The number of ether oxygens (including phenoxy) is 1. The van der Waals surface area contributed by atoms with Gasteiger partial charge >= 0.3 is 6.09 Å². The molecule has 0 spiro atoms. The molecule has 0 saturated carbocycles. The van der Waals surface area contributed by atoms with Crippen molar-refractivity contribution in [3.8, 4) is 0 Å². The number of nitrogens with zero attached hydrogens (tertiary/aromatic N) is 1. The number of hydrogen-bond acceptors (Lipinski definition) is 2. The first-order valence-corrected chi connectivity index (χ1v) is 6.82. The Kier molecular flexibility index (Phi) is 4.30. The first-order valence-electron chi connectivity index (χ1n) is 6.82. The third-order valence-electron chi connectivity index (χ3n) is 3.08. The second-order valence-electron chi connectivity index (χ2n) is 6.02. The van der Waals surface area contributed by atoms with Gasteiger partial charge in [0.2, 0.25) is 0 Å². The van der Waals surface area contributed by atoms with Crippen LogP contribution >= 0.6 is 0 Å². The SMILES string of the molecule is CC(C)(C)OC(=O)N1CC=C(c2cccc(C(F)F)c2)C1. The Morgan fingerprint density at radius 2 is 2.05 bits per heavy atom. The number of benzene rings is 1. The summed E-state index contributed by atoms with van der Waals surface area (Å²) < 4.78 is 30.7. The predicted molar refractivity (Wildman–Crippen MR) is 77.2 cm³/mol. The molecule has 5 heteroatoms. The van der Waals surface area contributed by atoms with Gasteiger partial charge in [-0.15, -0.1) is 0 Å². The van der Waals surface area contributed by atoms with E-state index in [1.807, 2.05) is 6.08 Å². The molecule has 1 aliphatic rings. The smallest absolute Gasteiger partial charge is 0.410 e. The fourth-order valence-electron chi connectivity index (χ4n) is 2.10. The number of carbonyl (C=O) groups is 1. The van der Waals surface area contributed by atoms with Gasteiger partial charge in [0.15, 0.2) is 0 Å². The van der Waals surface area contributed by atoms with Gasteiger partial charge in [-0.25, -0.2) is 13.6 Å². The van der Waals surface area contributed by atoms with E-state index in [2.05, 4.69) is 0 Å². The summed E-state index contributed by atoms with van der Waals surface area (Å²) in [7, 11) is 0. The molecule has 1 amide bonds. The lowest BCUT2D eigenvalue weighted by Gasteiger charge is -2.24. The number of alkyl halides is 2. The molecule has 0 radical (unpaired) electrons. The normalized spacial score (nSPS) is 15.3. The molecule has 1 aromatic carbocycles. The van der Waals surface area contributed by atoms with E-state index in [9.17, 15) is 13.6 Å².